The monoisotopic (exact) mass is 305 g/mol. The maximum Gasteiger partial charge on any atom is 0.245 e. The molecule has 120 valence electrons. The number of carbonyl (C=O) groups excluding carboxylic acids is 3. The third-order valence-electron chi connectivity index (χ3n) is 5.34. The van der Waals surface area contributed by atoms with Crippen molar-refractivity contribution in [3.05, 3.63) is 12.7 Å². The summed E-state index contributed by atoms with van der Waals surface area (Å²) in [5, 5.41) is 2.83. The molecule has 4 aliphatic rings. The van der Waals surface area contributed by atoms with Gasteiger partial charge in [-0.2, -0.15) is 0 Å². The summed E-state index contributed by atoms with van der Waals surface area (Å²) in [5.41, 5.74) is -0.245. The highest BCUT2D eigenvalue weighted by atomic mass is 16.2. The van der Waals surface area contributed by atoms with E-state index in [2.05, 4.69) is 11.9 Å². The number of likely N-dealkylation sites (tertiary alicyclic amines) is 1. The average molecular weight is 305 g/mol. The maximum absolute atomic E-state index is 12.9. The van der Waals surface area contributed by atoms with E-state index in [0.717, 1.165) is 32.2 Å². The van der Waals surface area contributed by atoms with Gasteiger partial charge in [-0.25, -0.2) is 0 Å². The first-order valence-electron chi connectivity index (χ1n) is 7.96. The number of carbonyl (C=O) groups is 3. The van der Waals surface area contributed by atoms with Gasteiger partial charge in [-0.15, -0.1) is 0 Å². The van der Waals surface area contributed by atoms with Gasteiger partial charge in [0, 0.05) is 26.6 Å². The van der Waals surface area contributed by atoms with Crippen molar-refractivity contribution in [3.8, 4) is 0 Å². The molecule has 0 aromatic carbocycles. The molecule has 1 aliphatic carbocycles. The van der Waals surface area contributed by atoms with E-state index in [-0.39, 0.29) is 29.3 Å². The van der Waals surface area contributed by atoms with Crippen molar-refractivity contribution >= 4 is 17.7 Å². The van der Waals surface area contributed by atoms with E-state index in [1.54, 1.807) is 4.90 Å². The zero-order chi connectivity index (χ0) is 15.9. The van der Waals surface area contributed by atoms with E-state index in [1.807, 2.05) is 4.90 Å². The summed E-state index contributed by atoms with van der Waals surface area (Å²) in [6.45, 7) is 6.88. The quantitative estimate of drug-likeness (QED) is 0.759. The van der Waals surface area contributed by atoms with Gasteiger partial charge >= 0.3 is 0 Å². The number of nitrogens with zero attached hydrogens (tertiary/aromatic N) is 2. The highest BCUT2D eigenvalue weighted by Crippen LogP contribution is 2.50. The molecule has 0 aromatic heterocycles. The Balaban J connectivity index is 1.70. The molecule has 6 nitrogen and oxygen atoms in total. The Morgan fingerprint density at radius 2 is 2.09 bits per heavy atom. The van der Waals surface area contributed by atoms with Gasteiger partial charge in [0.2, 0.25) is 17.7 Å². The van der Waals surface area contributed by atoms with Crippen LogP contribution in [0.1, 0.15) is 32.6 Å². The minimum absolute atomic E-state index is 0.0311. The van der Waals surface area contributed by atoms with Crippen LogP contribution in [0.3, 0.4) is 0 Å². The van der Waals surface area contributed by atoms with Gasteiger partial charge in [0.1, 0.15) is 6.04 Å². The topological polar surface area (TPSA) is 69.7 Å². The fourth-order valence-electron chi connectivity index (χ4n) is 4.28. The Kier molecular flexibility index (Phi) is 3.70. The largest absolute Gasteiger partial charge is 0.350 e. The van der Waals surface area contributed by atoms with Gasteiger partial charge in [0.05, 0.1) is 5.54 Å². The van der Waals surface area contributed by atoms with Crippen LogP contribution in [0.25, 0.3) is 0 Å². The molecule has 0 aromatic rings. The van der Waals surface area contributed by atoms with Crippen LogP contribution >= 0.6 is 0 Å². The number of amides is 3. The van der Waals surface area contributed by atoms with Crippen LogP contribution in [0.4, 0.5) is 0 Å². The molecular weight excluding hydrogens is 282 g/mol. The summed E-state index contributed by atoms with van der Waals surface area (Å²) in [7, 11) is 0. The Morgan fingerprint density at radius 3 is 2.73 bits per heavy atom. The van der Waals surface area contributed by atoms with Gasteiger partial charge in [0.15, 0.2) is 0 Å². The molecule has 0 spiro atoms. The summed E-state index contributed by atoms with van der Waals surface area (Å²) < 4.78 is 0. The highest BCUT2D eigenvalue weighted by Gasteiger charge is 2.58. The van der Waals surface area contributed by atoms with Gasteiger partial charge in [-0.3, -0.25) is 14.4 Å². The lowest BCUT2D eigenvalue weighted by molar-refractivity contribution is -0.145. The van der Waals surface area contributed by atoms with Crippen molar-refractivity contribution in [3.63, 3.8) is 0 Å². The summed E-state index contributed by atoms with van der Waals surface area (Å²) in [4.78, 5) is 39.6. The van der Waals surface area contributed by atoms with Gasteiger partial charge in [0.25, 0.3) is 0 Å². The molecule has 3 aliphatic heterocycles. The summed E-state index contributed by atoms with van der Waals surface area (Å²) in [6.07, 6.45) is 4.77. The van der Waals surface area contributed by atoms with Crippen molar-refractivity contribution in [2.45, 2.75) is 44.2 Å². The Labute approximate surface area is 130 Å². The number of fused-ring (bicyclic) bond motifs is 1. The number of nitrogens with one attached hydrogen (secondary N) is 1. The second-order valence-corrected chi connectivity index (χ2v) is 6.74. The standard InChI is InChI=1S/C16H23N3O3/c1-3-14(21)17-10-16-7-12(8-16)9-19(16)15(22)13-5-4-6-18(13)11(2)20/h3,12-13H,1,4-10H2,2H3,(H,17,21)/t12?,13-,16?/m0/s1. The molecule has 3 amide bonds. The van der Waals surface area contributed by atoms with Crippen LogP contribution < -0.4 is 5.32 Å². The third-order valence-corrected chi connectivity index (χ3v) is 5.34. The van der Waals surface area contributed by atoms with Crippen LogP contribution in [0, 0.1) is 5.92 Å². The number of hydrogen-bond acceptors (Lipinski definition) is 3. The SMILES string of the molecule is C=CC(=O)NCC12CC(CN1C(=O)[C@@H]1CCCN1C(C)=O)C2. The molecule has 22 heavy (non-hydrogen) atoms. The minimum Gasteiger partial charge on any atom is -0.350 e. The second-order valence-electron chi connectivity index (χ2n) is 6.74. The van der Waals surface area contributed by atoms with E-state index in [0.29, 0.717) is 19.0 Å². The van der Waals surface area contributed by atoms with Crippen molar-refractivity contribution in [1.29, 1.82) is 0 Å². The van der Waals surface area contributed by atoms with Crippen molar-refractivity contribution in [2.75, 3.05) is 19.6 Å². The molecule has 1 N–H and O–H groups in total. The van der Waals surface area contributed by atoms with E-state index in [1.165, 1.54) is 13.0 Å². The summed E-state index contributed by atoms with van der Waals surface area (Å²) in [5.74, 6) is 0.358. The first-order valence-corrected chi connectivity index (χ1v) is 7.96. The normalized spacial score (nSPS) is 32.6. The Bertz CT molecular complexity index is 525. The van der Waals surface area contributed by atoms with Gasteiger partial charge < -0.3 is 15.1 Å². The van der Waals surface area contributed by atoms with Crippen LogP contribution in [-0.4, -0.2) is 58.7 Å². The van der Waals surface area contributed by atoms with E-state index in [4.69, 9.17) is 0 Å². The Morgan fingerprint density at radius 1 is 1.36 bits per heavy atom. The second kappa shape index (κ2) is 5.41. The molecule has 3 saturated heterocycles. The highest BCUT2D eigenvalue weighted by molar-refractivity contribution is 5.89. The lowest BCUT2D eigenvalue weighted by Crippen LogP contribution is -2.58. The fourth-order valence-corrected chi connectivity index (χ4v) is 4.28. The predicted molar refractivity (Wildman–Crippen MR) is 80.8 cm³/mol. The average Bonchev–Trinajstić information content (AvgIpc) is 3.15. The molecule has 4 fully saturated rings. The maximum atomic E-state index is 12.9. The van der Waals surface area contributed by atoms with E-state index >= 15 is 0 Å². The number of rotatable bonds is 4. The van der Waals surface area contributed by atoms with Crippen LogP contribution in [-0.2, 0) is 14.4 Å². The molecule has 4 rings (SSSR count). The van der Waals surface area contributed by atoms with Crippen LogP contribution in [0.15, 0.2) is 12.7 Å². The van der Waals surface area contributed by atoms with Gasteiger partial charge in [-0.1, -0.05) is 6.58 Å². The summed E-state index contributed by atoms with van der Waals surface area (Å²) in [6, 6.07) is -0.316. The zero-order valence-electron chi connectivity index (χ0n) is 13.0. The van der Waals surface area contributed by atoms with E-state index < -0.39 is 0 Å². The van der Waals surface area contributed by atoms with Crippen molar-refractivity contribution in [2.24, 2.45) is 5.92 Å². The molecule has 1 saturated carbocycles. The van der Waals surface area contributed by atoms with Crippen LogP contribution in [0.5, 0.6) is 0 Å². The fraction of sp³-hybridized carbons (Fsp3) is 0.688. The molecular formula is C16H23N3O3. The predicted octanol–water partition coefficient (Wildman–Crippen LogP) is 0.290. The molecule has 2 bridgehead atoms. The van der Waals surface area contributed by atoms with E-state index in [9.17, 15) is 14.4 Å². The Hall–Kier alpha value is -1.85. The number of hydrogen-bond donors (Lipinski definition) is 1. The molecule has 1 atom stereocenters. The first kappa shape index (κ1) is 15.1. The van der Waals surface area contributed by atoms with Crippen molar-refractivity contribution in [1.82, 2.24) is 15.1 Å². The van der Waals surface area contributed by atoms with Crippen LogP contribution in [0.2, 0.25) is 0 Å². The third kappa shape index (κ3) is 2.30. The lowest BCUT2D eigenvalue weighted by atomic mass is 9.73. The molecule has 3 heterocycles. The lowest BCUT2D eigenvalue weighted by Gasteiger charge is -2.43. The molecule has 0 unspecified atom stereocenters. The van der Waals surface area contributed by atoms with Crippen molar-refractivity contribution < 1.29 is 14.4 Å². The summed E-state index contributed by atoms with van der Waals surface area (Å²) >= 11 is 0. The molecule has 6 heteroatoms. The van der Waals surface area contributed by atoms with Gasteiger partial charge in [-0.05, 0) is 37.7 Å². The molecule has 0 radical (unpaired) electrons. The zero-order valence-corrected chi connectivity index (χ0v) is 13.0. The minimum atomic E-state index is -0.316. The first-order chi connectivity index (χ1) is 10.5. The smallest absolute Gasteiger partial charge is 0.245 e.